The summed E-state index contributed by atoms with van der Waals surface area (Å²) in [6.45, 7) is 2.96. The van der Waals surface area contributed by atoms with Crippen molar-refractivity contribution in [3.8, 4) is 0 Å². The lowest BCUT2D eigenvalue weighted by Gasteiger charge is -2.20. The van der Waals surface area contributed by atoms with Gasteiger partial charge in [-0.05, 0) is 24.7 Å². The first-order chi connectivity index (χ1) is 8.02. The first-order valence-electron chi connectivity index (χ1n) is 5.46. The van der Waals surface area contributed by atoms with Gasteiger partial charge in [-0.3, -0.25) is 10.2 Å². The number of hydrogen-bond acceptors (Lipinski definition) is 3. The average Bonchev–Trinajstić information content (AvgIpc) is 2.27. The van der Waals surface area contributed by atoms with Crippen molar-refractivity contribution < 1.29 is 9.18 Å². The Kier molecular flexibility index (Phi) is 5.06. The molecule has 1 atom stereocenters. The molecule has 0 fully saturated rings. The van der Waals surface area contributed by atoms with Crippen molar-refractivity contribution in [2.24, 2.45) is 11.8 Å². The van der Waals surface area contributed by atoms with Gasteiger partial charge in [0, 0.05) is 19.0 Å². The predicted octanol–water partition coefficient (Wildman–Crippen LogP) is 0.884. The van der Waals surface area contributed by atoms with E-state index in [1.54, 1.807) is 13.0 Å². The Labute approximate surface area is 101 Å². The van der Waals surface area contributed by atoms with Crippen LogP contribution in [0, 0.1) is 11.7 Å². The fraction of sp³-hybridized carbons (Fsp3) is 0.417. The number of nitrogens with zero attached hydrogens (tertiary/aromatic N) is 1. The van der Waals surface area contributed by atoms with Crippen LogP contribution in [-0.4, -0.2) is 24.4 Å². The summed E-state index contributed by atoms with van der Waals surface area (Å²) in [5.74, 6) is 4.41. The van der Waals surface area contributed by atoms with Gasteiger partial charge in [0.2, 0.25) is 5.91 Å². The van der Waals surface area contributed by atoms with Crippen LogP contribution in [0.1, 0.15) is 12.5 Å². The summed E-state index contributed by atoms with van der Waals surface area (Å²) in [4.78, 5) is 13.2. The second kappa shape index (κ2) is 6.32. The summed E-state index contributed by atoms with van der Waals surface area (Å²) in [7, 11) is 1.88. The lowest BCUT2D eigenvalue weighted by atomic mass is 10.1. The summed E-state index contributed by atoms with van der Waals surface area (Å²) in [6.07, 6.45) is 0. The third-order valence-electron chi connectivity index (χ3n) is 2.52. The van der Waals surface area contributed by atoms with Crippen LogP contribution in [-0.2, 0) is 11.3 Å². The topological polar surface area (TPSA) is 58.4 Å². The van der Waals surface area contributed by atoms with Crippen molar-refractivity contribution in [1.82, 2.24) is 10.3 Å². The molecule has 1 aromatic rings. The summed E-state index contributed by atoms with van der Waals surface area (Å²) < 4.78 is 13.0. The molecule has 0 bridgehead atoms. The Morgan fingerprint density at radius 2 is 2.29 bits per heavy atom. The maximum Gasteiger partial charge on any atom is 0.237 e. The largest absolute Gasteiger partial charge is 0.301 e. The average molecular weight is 239 g/mol. The molecule has 1 unspecified atom stereocenters. The molecule has 1 amide bonds. The monoisotopic (exact) mass is 239 g/mol. The minimum Gasteiger partial charge on any atom is -0.301 e. The highest BCUT2D eigenvalue weighted by Crippen LogP contribution is 2.07. The zero-order valence-corrected chi connectivity index (χ0v) is 10.1. The summed E-state index contributed by atoms with van der Waals surface area (Å²) >= 11 is 0. The molecule has 0 spiro atoms. The van der Waals surface area contributed by atoms with Crippen LogP contribution in [0.25, 0.3) is 0 Å². The van der Waals surface area contributed by atoms with Crippen LogP contribution in [0.15, 0.2) is 24.3 Å². The van der Waals surface area contributed by atoms with E-state index in [0.29, 0.717) is 13.1 Å². The number of hydrogen-bond donors (Lipinski definition) is 2. The first kappa shape index (κ1) is 13.6. The van der Waals surface area contributed by atoms with E-state index in [0.717, 1.165) is 5.56 Å². The number of benzene rings is 1. The summed E-state index contributed by atoms with van der Waals surface area (Å²) in [5, 5.41) is 0. The minimum atomic E-state index is -0.247. The molecule has 1 rings (SSSR count). The lowest BCUT2D eigenvalue weighted by molar-refractivity contribution is -0.125. The van der Waals surface area contributed by atoms with Crippen LogP contribution in [0.5, 0.6) is 0 Å². The standard InChI is InChI=1S/C12H18FN3O/c1-9(12(17)15-14)7-16(2)8-10-4-3-5-11(13)6-10/h3-6,9H,7-8,14H2,1-2H3,(H,15,17). The van der Waals surface area contributed by atoms with Crippen LogP contribution in [0.2, 0.25) is 0 Å². The highest BCUT2D eigenvalue weighted by Gasteiger charge is 2.13. The fourth-order valence-electron chi connectivity index (χ4n) is 1.70. The molecule has 17 heavy (non-hydrogen) atoms. The molecule has 0 saturated heterocycles. The van der Waals surface area contributed by atoms with E-state index in [2.05, 4.69) is 5.43 Å². The number of amides is 1. The Bertz CT molecular complexity index is 384. The lowest BCUT2D eigenvalue weighted by Crippen LogP contribution is -2.39. The quantitative estimate of drug-likeness (QED) is 0.455. The molecule has 0 aliphatic rings. The molecule has 94 valence electrons. The number of hydrazine groups is 1. The molecule has 5 heteroatoms. The number of nitrogens with one attached hydrogen (secondary N) is 1. The Morgan fingerprint density at radius 3 is 2.88 bits per heavy atom. The molecule has 3 N–H and O–H groups in total. The van der Waals surface area contributed by atoms with Crippen molar-refractivity contribution in [1.29, 1.82) is 0 Å². The van der Waals surface area contributed by atoms with Gasteiger partial charge >= 0.3 is 0 Å². The van der Waals surface area contributed by atoms with Gasteiger partial charge in [0.05, 0.1) is 0 Å². The molecule has 0 radical (unpaired) electrons. The van der Waals surface area contributed by atoms with E-state index in [-0.39, 0.29) is 17.6 Å². The van der Waals surface area contributed by atoms with Crippen molar-refractivity contribution in [3.05, 3.63) is 35.6 Å². The van der Waals surface area contributed by atoms with Crippen LogP contribution in [0.4, 0.5) is 4.39 Å². The zero-order chi connectivity index (χ0) is 12.8. The SMILES string of the molecule is CC(CN(C)Cc1cccc(F)c1)C(=O)NN. The molecule has 0 aromatic heterocycles. The third-order valence-corrected chi connectivity index (χ3v) is 2.52. The van der Waals surface area contributed by atoms with Gasteiger partial charge in [0.1, 0.15) is 5.82 Å². The molecule has 0 heterocycles. The van der Waals surface area contributed by atoms with Gasteiger partial charge in [-0.2, -0.15) is 0 Å². The first-order valence-corrected chi connectivity index (χ1v) is 5.46. The maximum absolute atomic E-state index is 13.0. The Morgan fingerprint density at radius 1 is 1.59 bits per heavy atom. The van der Waals surface area contributed by atoms with E-state index in [9.17, 15) is 9.18 Å². The van der Waals surface area contributed by atoms with Crippen LogP contribution < -0.4 is 11.3 Å². The number of rotatable bonds is 5. The van der Waals surface area contributed by atoms with Crippen molar-refractivity contribution in [2.45, 2.75) is 13.5 Å². The smallest absolute Gasteiger partial charge is 0.237 e. The zero-order valence-electron chi connectivity index (χ0n) is 10.1. The summed E-state index contributed by atoms with van der Waals surface area (Å²) in [6, 6.07) is 6.43. The number of carbonyl (C=O) groups is 1. The van der Waals surface area contributed by atoms with Gasteiger partial charge < -0.3 is 4.90 Å². The molecular weight excluding hydrogens is 221 g/mol. The molecule has 4 nitrogen and oxygen atoms in total. The van der Waals surface area contributed by atoms with Crippen molar-refractivity contribution >= 4 is 5.91 Å². The van der Waals surface area contributed by atoms with E-state index >= 15 is 0 Å². The predicted molar refractivity (Wildman–Crippen MR) is 64.2 cm³/mol. The second-order valence-corrected chi connectivity index (χ2v) is 4.24. The number of halogens is 1. The van der Waals surface area contributed by atoms with E-state index in [1.807, 2.05) is 18.0 Å². The molecular formula is C12H18FN3O. The maximum atomic E-state index is 13.0. The third kappa shape index (κ3) is 4.50. The van der Waals surface area contributed by atoms with Crippen molar-refractivity contribution in [3.63, 3.8) is 0 Å². The molecule has 0 saturated carbocycles. The molecule has 0 aliphatic carbocycles. The molecule has 0 aliphatic heterocycles. The summed E-state index contributed by atoms with van der Waals surface area (Å²) in [5.41, 5.74) is 3.00. The van der Waals surface area contributed by atoms with Crippen LogP contribution >= 0.6 is 0 Å². The number of nitrogens with two attached hydrogens (primary N) is 1. The van der Waals surface area contributed by atoms with Crippen LogP contribution in [0.3, 0.4) is 0 Å². The van der Waals surface area contributed by atoms with Gasteiger partial charge in [0.15, 0.2) is 0 Å². The van der Waals surface area contributed by atoms with Gasteiger partial charge in [-0.1, -0.05) is 19.1 Å². The van der Waals surface area contributed by atoms with E-state index in [4.69, 9.17) is 5.84 Å². The van der Waals surface area contributed by atoms with Gasteiger partial charge in [-0.15, -0.1) is 0 Å². The Hall–Kier alpha value is -1.46. The highest BCUT2D eigenvalue weighted by atomic mass is 19.1. The van der Waals surface area contributed by atoms with E-state index < -0.39 is 0 Å². The second-order valence-electron chi connectivity index (χ2n) is 4.24. The fourth-order valence-corrected chi connectivity index (χ4v) is 1.70. The minimum absolute atomic E-state index is 0.196. The Balaban J connectivity index is 2.49. The van der Waals surface area contributed by atoms with Gasteiger partial charge in [-0.25, -0.2) is 10.2 Å². The van der Waals surface area contributed by atoms with Crippen molar-refractivity contribution in [2.75, 3.05) is 13.6 Å². The number of carbonyl (C=O) groups excluding carboxylic acids is 1. The van der Waals surface area contributed by atoms with Gasteiger partial charge in [0.25, 0.3) is 0 Å². The molecule has 1 aromatic carbocycles. The van der Waals surface area contributed by atoms with E-state index in [1.165, 1.54) is 12.1 Å². The highest BCUT2D eigenvalue weighted by molar-refractivity contribution is 5.77. The normalized spacial score (nSPS) is 12.5.